The Bertz CT molecular complexity index is 1000. The highest BCUT2D eigenvalue weighted by Crippen LogP contribution is 2.44. The first-order valence-corrected chi connectivity index (χ1v) is 12.1. The van der Waals surface area contributed by atoms with Crippen molar-refractivity contribution in [2.45, 2.75) is 82.6 Å². The van der Waals surface area contributed by atoms with Gasteiger partial charge >= 0.3 is 5.97 Å². The first-order valence-electron chi connectivity index (χ1n) is 11.3. The third-order valence-electron chi connectivity index (χ3n) is 5.91. The number of hydrogen-bond donors (Lipinski definition) is 2. The number of ether oxygens (including phenoxy) is 1. The van der Waals surface area contributed by atoms with Crippen molar-refractivity contribution in [3.05, 3.63) is 69.8 Å². The molecule has 1 aliphatic heterocycles. The second kappa shape index (κ2) is 9.62. The number of aliphatic hydroxyl groups excluding tert-OH is 1. The van der Waals surface area contributed by atoms with Gasteiger partial charge in [-0.2, -0.15) is 0 Å². The van der Waals surface area contributed by atoms with Gasteiger partial charge in [0.2, 0.25) is 0 Å². The molecule has 0 saturated heterocycles. The van der Waals surface area contributed by atoms with Crippen LogP contribution in [0.1, 0.15) is 70.1 Å². The van der Waals surface area contributed by atoms with E-state index in [1.807, 2.05) is 19.1 Å². The first-order chi connectivity index (χ1) is 15.0. The molecule has 5 heteroatoms. The van der Waals surface area contributed by atoms with Gasteiger partial charge in [0.1, 0.15) is 22.0 Å². The Morgan fingerprint density at radius 2 is 1.75 bits per heavy atom. The zero-order valence-electron chi connectivity index (χ0n) is 19.7. The van der Waals surface area contributed by atoms with Crippen LogP contribution in [0.15, 0.2) is 58.0 Å². The Kier molecular flexibility index (Phi) is 7.29. The molecule has 2 aromatic rings. The number of carbonyl (C=O) groups is 1. The molecular weight excluding hydrogens is 420 g/mol. The van der Waals surface area contributed by atoms with Crippen molar-refractivity contribution < 1.29 is 19.7 Å². The molecule has 1 heterocycles. The van der Waals surface area contributed by atoms with E-state index in [9.17, 15) is 15.0 Å². The van der Waals surface area contributed by atoms with E-state index >= 15 is 0 Å². The molecule has 3 rings (SSSR count). The van der Waals surface area contributed by atoms with Crippen molar-refractivity contribution in [1.29, 1.82) is 0 Å². The number of aliphatic hydroxyl groups is 1. The summed E-state index contributed by atoms with van der Waals surface area (Å²) in [6.07, 6.45) is 3.19. The molecule has 1 aliphatic rings. The van der Waals surface area contributed by atoms with Crippen LogP contribution in [0.4, 0.5) is 0 Å². The predicted molar refractivity (Wildman–Crippen MR) is 130 cm³/mol. The first kappa shape index (κ1) is 24.2. The lowest BCUT2D eigenvalue weighted by molar-refractivity contribution is -0.159. The van der Waals surface area contributed by atoms with Gasteiger partial charge in [-0.3, -0.25) is 0 Å². The summed E-state index contributed by atoms with van der Waals surface area (Å²) >= 11 is 1.31. The van der Waals surface area contributed by atoms with Gasteiger partial charge in [0.15, 0.2) is 0 Å². The summed E-state index contributed by atoms with van der Waals surface area (Å²) in [6.45, 7) is 10.5. The summed E-state index contributed by atoms with van der Waals surface area (Å²) < 4.78 is 6.04. The van der Waals surface area contributed by atoms with Crippen molar-refractivity contribution in [2.24, 2.45) is 0 Å². The number of phenols is 1. The fourth-order valence-corrected chi connectivity index (χ4v) is 5.48. The fraction of sp³-hybridized carbons (Fsp3) is 0.444. The van der Waals surface area contributed by atoms with Crippen LogP contribution in [0.25, 0.3) is 0 Å². The number of thioether (sulfide) groups is 1. The average molecular weight is 455 g/mol. The summed E-state index contributed by atoms with van der Waals surface area (Å²) in [5.41, 5.74) is 2.52. The SMILES string of the molecule is CCCC1(CCc2ccc(O)cc2)CC(O)=C(Sc2cc(C)ccc2C(C)(C)C)C(=O)O1. The summed E-state index contributed by atoms with van der Waals surface area (Å²) in [7, 11) is 0. The van der Waals surface area contributed by atoms with Gasteiger partial charge in [-0.05, 0) is 66.5 Å². The molecule has 0 radical (unpaired) electrons. The molecule has 2 aromatic carbocycles. The number of phenolic OH excluding ortho intramolecular Hbond substituents is 1. The second-order valence-electron chi connectivity index (χ2n) is 9.79. The van der Waals surface area contributed by atoms with E-state index in [1.165, 1.54) is 11.8 Å². The van der Waals surface area contributed by atoms with Crippen molar-refractivity contribution in [2.75, 3.05) is 0 Å². The number of aromatic hydroxyl groups is 1. The van der Waals surface area contributed by atoms with Crippen LogP contribution in [0.5, 0.6) is 5.75 Å². The molecule has 0 saturated carbocycles. The number of hydrogen-bond acceptors (Lipinski definition) is 5. The molecule has 0 amide bonds. The van der Waals surface area contributed by atoms with Crippen LogP contribution in [-0.2, 0) is 21.4 Å². The van der Waals surface area contributed by atoms with Gasteiger partial charge in [0.05, 0.1) is 0 Å². The van der Waals surface area contributed by atoms with E-state index in [2.05, 4.69) is 45.9 Å². The molecule has 2 N–H and O–H groups in total. The molecule has 4 nitrogen and oxygen atoms in total. The van der Waals surface area contributed by atoms with E-state index in [4.69, 9.17) is 4.74 Å². The maximum absolute atomic E-state index is 13.1. The zero-order valence-corrected chi connectivity index (χ0v) is 20.5. The normalized spacial score (nSPS) is 19.2. The van der Waals surface area contributed by atoms with Gasteiger partial charge in [-0.25, -0.2) is 4.79 Å². The lowest BCUT2D eigenvalue weighted by Gasteiger charge is -2.37. The van der Waals surface area contributed by atoms with E-state index in [0.29, 0.717) is 25.7 Å². The monoisotopic (exact) mass is 454 g/mol. The Morgan fingerprint density at radius 1 is 1.06 bits per heavy atom. The van der Waals surface area contributed by atoms with Crippen molar-refractivity contribution in [3.8, 4) is 5.75 Å². The number of aryl methyl sites for hydroxylation is 2. The van der Waals surface area contributed by atoms with Gasteiger partial charge in [0, 0.05) is 11.3 Å². The lowest BCUT2D eigenvalue weighted by atomic mass is 9.85. The number of benzene rings is 2. The van der Waals surface area contributed by atoms with Crippen molar-refractivity contribution in [3.63, 3.8) is 0 Å². The summed E-state index contributed by atoms with van der Waals surface area (Å²) in [6, 6.07) is 13.3. The van der Waals surface area contributed by atoms with Crippen LogP contribution in [0.2, 0.25) is 0 Å². The molecule has 0 bridgehead atoms. The molecule has 0 aliphatic carbocycles. The molecule has 32 heavy (non-hydrogen) atoms. The van der Waals surface area contributed by atoms with Crippen LogP contribution in [-0.4, -0.2) is 21.8 Å². The van der Waals surface area contributed by atoms with Gasteiger partial charge in [-0.15, -0.1) is 0 Å². The molecule has 1 unspecified atom stereocenters. The van der Waals surface area contributed by atoms with E-state index < -0.39 is 11.6 Å². The molecule has 0 fully saturated rings. The van der Waals surface area contributed by atoms with Gasteiger partial charge in [-0.1, -0.05) is 70.1 Å². The van der Waals surface area contributed by atoms with Crippen LogP contribution >= 0.6 is 11.8 Å². The second-order valence-corrected chi connectivity index (χ2v) is 10.8. The van der Waals surface area contributed by atoms with Crippen LogP contribution in [0.3, 0.4) is 0 Å². The zero-order chi connectivity index (χ0) is 23.5. The van der Waals surface area contributed by atoms with Gasteiger partial charge in [0.25, 0.3) is 0 Å². The third kappa shape index (κ3) is 5.69. The summed E-state index contributed by atoms with van der Waals surface area (Å²) in [4.78, 5) is 14.4. The minimum Gasteiger partial charge on any atom is -0.511 e. The van der Waals surface area contributed by atoms with E-state index in [-0.39, 0.29) is 21.8 Å². The van der Waals surface area contributed by atoms with Crippen LogP contribution < -0.4 is 0 Å². The minimum absolute atomic E-state index is 0.0825. The Balaban J connectivity index is 1.85. The average Bonchev–Trinajstić information content (AvgIpc) is 2.70. The standard InChI is InChI=1S/C27H34O4S/c1-6-14-27(15-13-19-8-10-20(28)11-9-19)17-22(29)24(25(30)31-27)32-23-16-18(2)7-12-21(23)26(3,4)5/h7-12,16,28-29H,6,13-15,17H2,1-5H3. The maximum atomic E-state index is 13.1. The highest BCUT2D eigenvalue weighted by Gasteiger charge is 2.41. The number of carbonyl (C=O) groups excluding carboxylic acids is 1. The van der Waals surface area contributed by atoms with Crippen LogP contribution in [0, 0.1) is 6.92 Å². The lowest BCUT2D eigenvalue weighted by Crippen LogP contribution is -2.40. The predicted octanol–water partition coefficient (Wildman–Crippen LogP) is 6.98. The smallest absolute Gasteiger partial charge is 0.349 e. The third-order valence-corrected chi connectivity index (χ3v) is 7.08. The number of cyclic esters (lactones) is 1. The number of esters is 1. The molecule has 0 spiro atoms. The Labute approximate surface area is 195 Å². The fourth-order valence-electron chi connectivity index (χ4n) is 4.22. The topological polar surface area (TPSA) is 66.8 Å². The van der Waals surface area contributed by atoms with E-state index in [0.717, 1.165) is 28.0 Å². The number of rotatable bonds is 7. The van der Waals surface area contributed by atoms with Crippen molar-refractivity contribution in [1.82, 2.24) is 0 Å². The molecule has 0 aromatic heterocycles. The Hall–Kier alpha value is -2.40. The summed E-state index contributed by atoms with van der Waals surface area (Å²) in [5.74, 6) is -0.0971. The maximum Gasteiger partial charge on any atom is 0.349 e. The molecular formula is C27H34O4S. The quantitative estimate of drug-likeness (QED) is 0.442. The molecule has 1 atom stereocenters. The summed E-state index contributed by atoms with van der Waals surface area (Å²) in [5, 5.41) is 20.5. The highest BCUT2D eigenvalue weighted by atomic mass is 32.2. The van der Waals surface area contributed by atoms with Gasteiger partial charge < -0.3 is 14.9 Å². The Morgan fingerprint density at radius 3 is 2.34 bits per heavy atom. The molecule has 172 valence electrons. The largest absolute Gasteiger partial charge is 0.511 e. The minimum atomic E-state index is -0.711. The van der Waals surface area contributed by atoms with E-state index in [1.54, 1.807) is 12.1 Å². The van der Waals surface area contributed by atoms with Crippen molar-refractivity contribution >= 4 is 17.7 Å². The highest BCUT2D eigenvalue weighted by molar-refractivity contribution is 8.04.